The summed E-state index contributed by atoms with van der Waals surface area (Å²) in [5.74, 6) is 2.13. The van der Waals surface area contributed by atoms with Crippen LogP contribution in [0.1, 0.15) is 12.5 Å². The molecule has 21 heavy (non-hydrogen) atoms. The number of likely N-dealkylation sites (N-methyl/N-ethyl adjacent to an activating group) is 1. The number of hydrogen-bond acceptors (Lipinski definition) is 5. The first kappa shape index (κ1) is 15.9. The van der Waals surface area contributed by atoms with Crippen molar-refractivity contribution < 1.29 is 14.2 Å². The molecule has 0 aliphatic carbocycles. The largest absolute Gasteiger partial charge is 0.493 e. The van der Waals surface area contributed by atoms with E-state index in [4.69, 9.17) is 14.2 Å². The Balaban J connectivity index is 2.20. The molecule has 2 rings (SSSR count). The molecule has 5 nitrogen and oxygen atoms in total. The highest BCUT2D eigenvalue weighted by Crippen LogP contribution is 2.40. The number of ether oxygens (including phenoxy) is 3. The fraction of sp³-hybridized carbons (Fsp3) is 0.625. The third-order valence-corrected chi connectivity index (χ3v) is 4.22. The SMILES string of the molecule is COc1ccc(CN2CCN(C)[C@@H](C)C2)c(OC)c1OC. The van der Waals surface area contributed by atoms with Crippen molar-refractivity contribution in [1.82, 2.24) is 9.80 Å². The second kappa shape index (κ2) is 7.00. The summed E-state index contributed by atoms with van der Waals surface area (Å²) in [6.07, 6.45) is 0. The van der Waals surface area contributed by atoms with Crippen LogP contribution in [0, 0.1) is 0 Å². The number of hydrogen-bond donors (Lipinski definition) is 0. The normalized spacial score (nSPS) is 20.3. The van der Waals surface area contributed by atoms with Gasteiger partial charge in [-0.2, -0.15) is 0 Å². The Labute approximate surface area is 127 Å². The lowest BCUT2D eigenvalue weighted by Crippen LogP contribution is -2.49. The van der Waals surface area contributed by atoms with Crippen LogP contribution in [0.25, 0.3) is 0 Å². The molecule has 1 heterocycles. The smallest absolute Gasteiger partial charge is 0.203 e. The van der Waals surface area contributed by atoms with Gasteiger partial charge in [0.05, 0.1) is 21.3 Å². The zero-order valence-corrected chi connectivity index (χ0v) is 13.7. The molecule has 118 valence electrons. The Hall–Kier alpha value is -1.46. The van der Waals surface area contributed by atoms with Crippen LogP contribution in [0.4, 0.5) is 0 Å². The Morgan fingerprint density at radius 1 is 1.05 bits per heavy atom. The molecule has 0 radical (unpaired) electrons. The summed E-state index contributed by atoms with van der Waals surface area (Å²) >= 11 is 0. The predicted molar refractivity (Wildman–Crippen MR) is 83.5 cm³/mol. The van der Waals surface area contributed by atoms with Crippen LogP contribution >= 0.6 is 0 Å². The molecule has 1 aromatic rings. The first-order valence-electron chi connectivity index (χ1n) is 7.31. The summed E-state index contributed by atoms with van der Waals surface area (Å²) < 4.78 is 16.3. The Kier molecular flexibility index (Phi) is 5.31. The van der Waals surface area contributed by atoms with Gasteiger partial charge in [-0.25, -0.2) is 0 Å². The maximum absolute atomic E-state index is 5.56. The summed E-state index contributed by atoms with van der Waals surface area (Å²) in [4.78, 5) is 4.84. The van der Waals surface area contributed by atoms with Crippen molar-refractivity contribution in [3.05, 3.63) is 17.7 Å². The fourth-order valence-electron chi connectivity index (χ4n) is 2.80. The van der Waals surface area contributed by atoms with Gasteiger partial charge in [-0.05, 0) is 20.0 Å². The monoisotopic (exact) mass is 294 g/mol. The highest BCUT2D eigenvalue weighted by atomic mass is 16.5. The molecule has 0 aromatic heterocycles. The molecule has 1 aliphatic heterocycles. The van der Waals surface area contributed by atoms with Crippen LogP contribution in [0.2, 0.25) is 0 Å². The summed E-state index contributed by atoms with van der Waals surface area (Å²) in [6, 6.07) is 4.57. The van der Waals surface area contributed by atoms with Gasteiger partial charge in [0.15, 0.2) is 11.5 Å². The average molecular weight is 294 g/mol. The van der Waals surface area contributed by atoms with Crippen LogP contribution < -0.4 is 14.2 Å². The highest BCUT2D eigenvalue weighted by Gasteiger charge is 2.23. The average Bonchev–Trinajstić information content (AvgIpc) is 2.50. The van der Waals surface area contributed by atoms with Gasteiger partial charge >= 0.3 is 0 Å². The van der Waals surface area contributed by atoms with Crippen molar-refractivity contribution in [2.24, 2.45) is 0 Å². The molecule has 1 atom stereocenters. The summed E-state index contributed by atoms with van der Waals surface area (Å²) in [7, 11) is 7.13. The minimum atomic E-state index is 0.574. The molecule has 1 aromatic carbocycles. The van der Waals surface area contributed by atoms with Gasteiger partial charge in [0.2, 0.25) is 5.75 Å². The Morgan fingerprint density at radius 3 is 2.33 bits per heavy atom. The van der Waals surface area contributed by atoms with E-state index in [1.165, 1.54) is 0 Å². The van der Waals surface area contributed by atoms with Crippen molar-refractivity contribution in [3.63, 3.8) is 0 Å². The molecule has 0 unspecified atom stereocenters. The van der Waals surface area contributed by atoms with Gasteiger partial charge in [0, 0.05) is 37.8 Å². The maximum Gasteiger partial charge on any atom is 0.203 e. The minimum absolute atomic E-state index is 0.574. The topological polar surface area (TPSA) is 34.2 Å². The molecule has 5 heteroatoms. The van der Waals surface area contributed by atoms with E-state index < -0.39 is 0 Å². The van der Waals surface area contributed by atoms with E-state index in [9.17, 15) is 0 Å². The molecule has 0 bridgehead atoms. The van der Waals surface area contributed by atoms with E-state index in [1.54, 1.807) is 21.3 Å². The Bertz CT molecular complexity index is 479. The number of benzene rings is 1. The Morgan fingerprint density at radius 2 is 1.76 bits per heavy atom. The molecule has 1 fully saturated rings. The van der Waals surface area contributed by atoms with Gasteiger partial charge in [-0.3, -0.25) is 4.90 Å². The fourth-order valence-corrected chi connectivity index (χ4v) is 2.80. The van der Waals surface area contributed by atoms with Crippen LogP contribution in [-0.4, -0.2) is 63.9 Å². The lowest BCUT2D eigenvalue weighted by molar-refractivity contribution is 0.0992. The van der Waals surface area contributed by atoms with Crippen LogP contribution in [0.5, 0.6) is 17.2 Å². The van der Waals surface area contributed by atoms with E-state index in [-0.39, 0.29) is 0 Å². The standard InChI is InChI=1S/C16H26N2O3/c1-12-10-18(9-8-17(12)2)11-13-6-7-14(19-3)16(21-5)15(13)20-4/h6-7,12H,8-11H2,1-5H3/t12-/m0/s1. The molecular weight excluding hydrogens is 268 g/mol. The van der Waals surface area contributed by atoms with E-state index in [0.29, 0.717) is 17.5 Å². The van der Waals surface area contributed by atoms with Crippen molar-refractivity contribution in [2.45, 2.75) is 19.5 Å². The second-order valence-electron chi connectivity index (χ2n) is 5.56. The van der Waals surface area contributed by atoms with E-state index in [2.05, 4.69) is 29.8 Å². The van der Waals surface area contributed by atoms with Gasteiger partial charge in [-0.1, -0.05) is 6.07 Å². The van der Waals surface area contributed by atoms with Gasteiger partial charge in [0.25, 0.3) is 0 Å². The molecule has 0 spiro atoms. The zero-order chi connectivity index (χ0) is 15.4. The third kappa shape index (κ3) is 3.41. The van der Waals surface area contributed by atoms with Crippen molar-refractivity contribution in [1.29, 1.82) is 0 Å². The molecule has 0 N–H and O–H groups in total. The molecule has 0 saturated carbocycles. The van der Waals surface area contributed by atoms with E-state index in [1.807, 2.05) is 6.07 Å². The summed E-state index contributed by atoms with van der Waals surface area (Å²) in [5, 5.41) is 0. The van der Waals surface area contributed by atoms with E-state index in [0.717, 1.165) is 37.5 Å². The quantitative estimate of drug-likeness (QED) is 0.828. The molecule has 1 saturated heterocycles. The first-order chi connectivity index (χ1) is 10.1. The summed E-state index contributed by atoms with van der Waals surface area (Å²) in [6.45, 7) is 6.35. The molecule has 1 aliphatic rings. The highest BCUT2D eigenvalue weighted by molar-refractivity contribution is 5.55. The van der Waals surface area contributed by atoms with Gasteiger partial charge in [0.1, 0.15) is 0 Å². The van der Waals surface area contributed by atoms with Crippen molar-refractivity contribution in [2.75, 3.05) is 48.0 Å². The number of methoxy groups -OCH3 is 3. The van der Waals surface area contributed by atoms with Crippen molar-refractivity contribution in [3.8, 4) is 17.2 Å². The lowest BCUT2D eigenvalue weighted by atomic mass is 10.1. The second-order valence-corrected chi connectivity index (χ2v) is 5.56. The van der Waals surface area contributed by atoms with E-state index >= 15 is 0 Å². The lowest BCUT2D eigenvalue weighted by Gasteiger charge is -2.37. The maximum atomic E-state index is 5.56. The van der Waals surface area contributed by atoms with Gasteiger partial charge < -0.3 is 19.1 Å². The number of piperazine rings is 1. The van der Waals surface area contributed by atoms with Gasteiger partial charge in [-0.15, -0.1) is 0 Å². The third-order valence-electron chi connectivity index (χ3n) is 4.22. The minimum Gasteiger partial charge on any atom is -0.493 e. The van der Waals surface area contributed by atoms with Crippen LogP contribution in [0.15, 0.2) is 12.1 Å². The summed E-state index contributed by atoms with van der Waals surface area (Å²) in [5.41, 5.74) is 1.13. The van der Waals surface area contributed by atoms with Crippen LogP contribution in [0.3, 0.4) is 0 Å². The number of rotatable bonds is 5. The molecular formula is C16H26N2O3. The van der Waals surface area contributed by atoms with Crippen LogP contribution in [-0.2, 0) is 6.54 Å². The molecule has 0 amide bonds. The van der Waals surface area contributed by atoms with Crippen molar-refractivity contribution >= 4 is 0 Å². The predicted octanol–water partition coefficient (Wildman–Crippen LogP) is 1.85. The number of nitrogens with zero attached hydrogens (tertiary/aromatic N) is 2. The first-order valence-corrected chi connectivity index (χ1v) is 7.31. The zero-order valence-electron chi connectivity index (χ0n) is 13.7.